The smallest absolute Gasteiger partial charge is 0.133 e. The average Bonchev–Trinajstić information content (AvgIpc) is 2.26. The van der Waals surface area contributed by atoms with Gasteiger partial charge in [-0.25, -0.2) is 0 Å². The third-order valence-corrected chi connectivity index (χ3v) is 3.08. The summed E-state index contributed by atoms with van der Waals surface area (Å²) in [4.78, 5) is 22.6. The van der Waals surface area contributed by atoms with E-state index in [0.717, 1.165) is 12.8 Å². The van der Waals surface area contributed by atoms with Crippen LogP contribution in [0.4, 0.5) is 0 Å². The van der Waals surface area contributed by atoms with Crippen molar-refractivity contribution in [3.8, 4) is 0 Å². The molecule has 0 aliphatic heterocycles. The topological polar surface area (TPSA) is 34.1 Å². The van der Waals surface area contributed by atoms with Crippen LogP contribution in [0.25, 0.3) is 0 Å². The van der Waals surface area contributed by atoms with Crippen LogP contribution in [0.3, 0.4) is 0 Å². The van der Waals surface area contributed by atoms with Crippen molar-refractivity contribution in [3.05, 3.63) is 0 Å². The third kappa shape index (κ3) is 2.17. The lowest BCUT2D eigenvalue weighted by Crippen LogP contribution is -2.21. The van der Waals surface area contributed by atoms with Crippen LogP contribution in [0.5, 0.6) is 0 Å². The van der Waals surface area contributed by atoms with Crippen molar-refractivity contribution in [3.63, 3.8) is 0 Å². The zero-order chi connectivity index (χ0) is 10.2. The van der Waals surface area contributed by atoms with E-state index in [1.54, 1.807) is 13.8 Å². The normalized spacial score (nSPS) is 31.7. The fraction of sp³-hybridized carbons (Fsp3) is 0.818. The van der Waals surface area contributed by atoms with E-state index in [1.807, 2.05) is 0 Å². The Labute approximate surface area is 79.7 Å². The van der Waals surface area contributed by atoms with E-state index in [2.05, 4.69) is 13.8 Å². The minimum Gasteiger partial charge on any atom is -0.300 e. The summed E-state index contributed by atoms with van der Waals surface area (Å²) in [5.74, 6) is 0.302. The van der Waals surface area contributed by atoms with E-state index >= 15 is 0 Å². The molecule has 0 aromatic heterocycles. The average molecular weight is 182 g/mol. The standard InChI is InChI=1S/C11H18O2/c1-7(12)9-5-11(3,4)6-10(9)8(2)13/h9-10H,5-6H2,1-4H3/t9-,10?/m0/s1. The fourth-order valence-electron chi connectivity index (χ4n) is 2.41. The molecule has 0 bridgehead atoms. The van der Waals surface area contributed by atoms with Gasteiger partial charge in [0.2, 0.25) is 0 Å². The molecule has 74 valence electrons. The van der Waals surface area contributed by atoms with Gasteiger partial charge in [0, 0.05) is 11.8 Å². The first-order valence-corrected chi connectivity index (χ1v) is 4.84. The molecule has 0 N–H and O–H groups in total. The monoisotopic (exact) mass is 182 g/mol. The van der Waals surface area contributed by atoms with Crippen molar-refractivity contribution in [1.82, 2.24) is 0 Å². The van der Waals surface area contributed by atoms with Gasteiger partial charge in [0.25, 0.3) is 0 Å². The van der Waals surface area contributed by atoms with E-state index in [4.69, 9.17) is 0 Å². The Bertz CT molecular complexity index is 216. The van der Waals surface area contributed by atoms with Gasteiger partial charge in [-0.1, -0.05) is 13.8 Å². The lowest BCUT2D eigenvalue weighted by molar-refractivity contribution is -0.128. The van der Waals surface area contributed by atoms with Gasteiger partial charge in [0.05, 0.1) is 0 Å². The van der Waals surface area contributed by atoms with Gasteiger partial charge < -0.3 is 0 Å². The Morgan fingerprint density at radius 3 is 1.54 bits per heavy atom. The van der Waals surface area contributed by atoms with Crippen molar-refractivity contribution in [2.75, 3.05) is 0 Å². The number of rotatable bonds is 2. The van der Waals surface area contributed by atoms with Gasteiger partial charge in [-0.3, -0.25) is 9.59 Å². The van der Waals surface area contributed by atoms with Gasteiger partial charge in [-0.15, -0.1) is 0 Å². The molecule has 1 saturated carbocycles. The lowest BCUT2D eigenvalue weighted by atomic mass is 9.90. The van der Waals surface area contributed by atoms with Crippen molar-refractivity contribution < 1.29 is 9.59 Å². The molecule has 0 heterocycles. The first-order valence-electron chi connectivity index (χ1n) is 4.84. The van der Waals surface area contributed by atoms with Gasteiger partial charge in [0.1, 0.15) is 11.6 Å². The molecule has 0 amide bonds. The zero-order valence-electron chi connectivity index (χ0n) is 8.89. The van der Waals surface area contributed by atoms with Gasteiger partial charge in [-0.05, 0) is 32.1 Å². The molecule has 2 nitrogen and oxygen atoms in total. The SMILES string of the molecule is CC(=O)C1CC(C)(C)C[C@H]1C(C)=O. The number of carbonyl (C=O) groups is 2. The second-order valence-corrected chi connectivity index (χ2v) is 5.01. The molecular formula is C11H18O2. The highest BCUT2D eigenvalue weighted by Gasteiger charge is 2.43. The van der Waals surface area contributed by atoms with Crippen LogP contribution < -0.4 is 0 Å². The molecule has 1 fully saturated rings. The van der Waals surface area contributed by atoms with Gasteiger partial charge >= 0.3 is 0 Å². The Morgan fingerprint density at radius 2 is 1.31 bits per heavy atom. The Balaban J connectivity index is 2.83. The molecule has 0 spiro atoms. The zero-order valence-corrected chi connectivity index (χ0v) is 8.89. The lowest BCUT2D eigenvalue weighted by Gasteiger charge is -2.15. The maximum atomic E-state index is 11.3. The molecule has 1 aliphatic carbocycles. The van der Waals surface area contributed by atoms with E-state index in [0.29, 0.717) is 0 Å². The van der Waals surface area contributed by atoms with Crippen molar-refractivity contribution >= 4 is 11.6 Å². The minimum absolute atomic E-state index is 0.0208. The fourth-order valence-corrected chi connectivity index (χ4v) is 2.41. The molecule has 0 aromatic rings. The third-order valence-electron chi connectivity index (χ3n) is 3.08. The number of ketones is 2. The highest BCUT2D eigenvalue weighted by molar-refractivity contribution is 5.88. The van der Waals surface area contributed by atoms with Crippen LogP contribution in [0.15, 0.2) is 0 Å². The van der Waals surface area contributed by atoms with Crippen LogP contribution in [-0.2, 0) is 9.59 Å². The summed E-state index contributed by atoms with van der Waals surface area (Å²) >= 11 is 0. The molecule has 2 heteroatoms. The summed E-state index contributed by atoms with van der Waals surface area (Å²) in [6, 6.07) is 0. The van der Waals surface area contributed by atoms with E-state index in [1.165, 1.54) is 0 Å². The van der Waals surface area contributed by atoms with Gasteiger partial charge in [-0.2, -0.15) is 0 Å². The van der Waals surface area contributed by atoms with Gasteiger partial charge in [0.15, 0.2) is 0 Å². The van der Waals surface area contributed by atoms with Crippen molar-refractivity contribution in [1.29, 1.82) is 0 Å². The molecule has 0 saturated heterocycles. The second kappa shape index (κ2) is 3.24. The highest BCUT2D eigenvalue weighted by atomic mass is 16.1. The quantitative estimate of drug-likeness (QED) is 0.656. The van der Waals surface area contributed by atoms with Crippen LogP contribution in [0.1, 0.15) is 40.5 Å². The molecule has 2 atom stereocenters. The first-order chi connectivity index (χ1) is 5.83. The predicted octanol–water partition coefficient (Wildman–Crippen LogP) is 2.22. The van der Waals surface area contributed by atoms with E-state index in [-0.39, 0.29) is 28.8 Å². The number of carbonyl (C=O) groups excluding carboxylic acids is 2. The summed E-state index contributed by atoms with van der Waals surface area (Å²) in [5.41, 5.74) is 0.159. The molecule has 1 unspecified atom stereocenters. The predicted molar refractivity (Wildman–Crippen MR) is 51.4 cm³/mol. The molecule has 1 rings (SSSR count). The summed E-state index contributed by atoms with van der Waals surface area (Å²) in [5, 5.41) is 0. The molecule has 0 aromatic carbocycles. The molecule has 13 heavy (non-hydrogen) atoms. The molecule has 0 radical (unpaired) electrons. The maximum Gasteiger partial charge on any atom is 0.133 e. The molecular weight excluding hydrogens is 164 g/mol. The Hall–Kier alpha value is -0.660. The number of hydrogen-bond acceptors (Lipinski definition) is 2. The summed E-state index contributed by atoms with van der Waals surface area (Å²) in [6.07, 6.45) is 1.74. The summed E-state index contributed by atoms with van der Waals surface area (Å²) in [7, 11) is 0. The maximum absolute atomic E-state index is 11.3. The second-order valence-electron chi connectivity index (χ2n) is 5.01. The summed E-state index contributed by atoms with van der Waals surface area (Å²) in [6.45, 7) is 7.46. The van der Waals surface area contributed by atoms with E-state index < -0.39 is 0 Å². The van der Waals surface area contributed by atoms with Crippen LogP contribution in [0.2, 0.25) is 0 Å². The van der Waals surface area contributed by atoms with Crippen LogP contribution in [-0.4, -0.2) is 11.6 Å². The first kappa shape index (κ1) is 10.4. The Morgan fingerprint density at radius 1 is 1.00 bits per heavy atom. The van der Waals surface area contributed by atoms with Crippen molar-refractivity contribution in [2.45, 2.75) is 40.5 Å². The highest BCUT2D eigenvalue weighted by Crippen LogP contribution is 2.45. The number of Topliss-reactive ketones (excluding diaryl/α,β-unsaturated/α-hetero) is 2. The number of hydrogen-bond donors (Lipinski definition) is 0. The van der Waals surface area contributed by atoms with Crippen molar-refractivity contribution in [2.24, 2.45) is 17.3 Å². The largest absolute Gasteiger partial charge is 0.300 e. The minimum atomic E-state index is -0.0208. The van der Waals surface area contributed by atoms with Crippen LogP contribution >= 0.6 is 0 Å². The van der Waals surface area contributed by atoms with E-state index in [9.17, 15) is 9.59 Å². The molecule has 1 aliphatic rings. The van der Waals surface area contributed by atoms with Crippen LogP contribution in [0, 0.1) is 17.3 Å². The summed E-state index contributed by atoms with van der Waals surface area (Å²) < 4.78 is 0. The Kier molecular flexibility index (Phi) is 2.60.